The van der Waals surface area contributed by atoms with Crippen LogP contribution in [0.5, 0.6) is 17.4 Å². The van der Waals surface area contributed by atoms with Crippen LogP contribution in [0.4, 0.5) is 21.6 Å². The monoisotopic (exact) mass is 998 g/mol. The number of piperidine rings is 1. The number of carbonyl (C=O) groups excluding carboxylic acids is 1. The fourth-order valence-electron chi connectivity index (χ4n) is 10.3. The molecule has 1 saturated carbocycles. The van der Waals surface area contributed by atoms with Crippen molar-refractivity contribution in [2.45, 2.75) is 127 Å². The number of benzene rings is 2. The molecule has 5 aromatic rings. The molecule has 8 rings (SSSR count). The molecule has 2 saturated heterocycles. The van der Waals surface area contributed by atoms with Crippen LogP contribution in [-0.4, -0.2) is 108 Å². The van der Waals surface area contributed by atoms with Crippen molar-refractivity contribution in [1.29, 1.82) is 0 Å². The molecule has 4 N–H and O–H groups in total. The normalized spacial score (nSPS) is 19.4. The van der Waals surface area contributed by atoms with E-state index in [1.165, 1.54) is 49.6 Å². The number of nitrogens with zero attached hydrogens (tertiary/aromatic N) is 5. The van der Waals surface area contributed by atoms with Gasteiger partial charge < -0.3 is 34.5 Å². The third-order valence-corrected chi connectivity index (χ3v) is 16.1. The smallest absolute Gasteiger partial charge is 0.312 e. The van der Waals surface area contributed by atoms with Crippen molar-refractivity contribution < 1.29 is 41.8 Å². The lowest BCUT2D eigenvalue weighted by atomic mass is 9.70. The molecule has 1 aliphatic carbocycles. The number of halogens is 1. The lowest BCUT2D eigenvalue weighted by molar-refractivity contribution is -0.384. The third kappa shape index (κ3) is 11.6. The number of pyridine rings is 2. The molecule has 1 amide bonds. The molecule has 0 radical (unpaired) electrons. The number of hydrogen-bond donors (Lipinski definition) is 4. The molecule has 71 heavy (non-hydrogen) atoms. The van der Waals surface area contributed by atoms with Gasteiger partial charge >= 0.3 is 5.69 Å². The van der Waals surface area contributed by atoms with Crippen molar-refractivity contribution >= 4 is 44.2 Å². The number of likely N-dealkylation sites (tertiary alicyclic amines) is 1. The van der Waals surface area contributed by atoms with Crippen molar-refractivity contribution in [2.24, 2.45) is 5.41 Å². The maximum absolute atomic E-state index is 15.0. The van der Waals surface area contributed by atoms with Gasteiger partial charge in [0.15, 0.2) is 5.75 Å². The van der Waals surface area contributed by atoms with Crippen LogP contribution in [0.25, 0.3) is 11.0 Å². The van der Waals surface area contributed by atoms with Gasteiger partial charge in [0, 0.05) is 76.0 Å². The number of aliphatic hydroxyl groups is 1. The van der Waals surface area contributed by atoms with Gasteiger partial charge in [-0.3, -0.25) is 19.8 Å². The summed E-state index contributed by atoms with van der Waals surface area (Å²) in [4.78, 5) is 41.2. The lowest BCUT2D eigenvalue weighted by Crippen LogP contribution is -2.63. The van der Waals surface area contributed by atoms with Gasteiger partial charge in [-0.1, -0.05) is 51.5 Å². The number of carbonyl (C=O) groups is 1. The highest BCUT2D eigenvalue weighted by atomic mass is 32.2. The summed E-state index contributed by atoms with van der Waals surface area (Å²) in [6, 6.07) is 16.5. The Morgan fingerprint density at radius 1 is 1.08 bits per heavy atom. The molecule has 5 heterocycles. The van der Waals surface area contributed by atoms with E-state index in [1.807, 2.05) is 6.92 Å². The van der Waals surface area contributed by atoms with Gasteiger partial charge in [-0.15, -0.1) is 0 Å². The number of ether oxygens (including phenoxy) is 3. The molecular weight excluding hydrogens is 932 g/mol. The second kappa shape index (κ2) is 21.4. The van der Waals surface area contributed by atoms with Crippen LogP contribution in [-0.2, 0) is 14.8 Å². The number of H-pyrrole nitrogens is 1. The number of nitrogens with one attached hydrogen (secondary N) is 3. The van der Waals surface area contributed by atoms with Gasteiger partial charge in [-0.25, -0.2) is 22.5 Å². The molecule has 382 valence electrons. The lowest BCUT2D eigenvalue weighted by Gasteiger charge is -2.57. The molecule has 2 aliphatic heterocycles. The third-order valence-electron chi connectivity index (χ3n) is 14.8. The summed E-state index contributed by atoms with van der Waals surface area (Å²) in [5.74, 6) is -0.964. The van der Waals surface area contributed by atoms with Gasteiger partial charge in [0.05, 0.1) is 33.8 Å². The first-order valence-electron chi connectivity index (χ1n) is 24.8. The van der Waals surface area contributed by atoms with Crippen molar-refractivity contribution in [1.82, 2.24) is 24.6 Å². The Hall–Kier alpha value is -5.89. The topological polar surface area (TPSA) is 214 Å². The number of anilines is 2. The van der Waals surface area contributed by atoms with E-state index < -0.39 is 42.9 Å². The van der Waals surface area contributed by atoms with E-state index >= 15 is 4.39 Å². The Morgan fingerprint density at radius 2 is 1.85 bits per heavy atom. The summed E-state index contributed by atoms with van der Waals surface area (Å²) in [5, 5.41) is 25.4. The number of sulfonamides is 1. The number of methoxy groups -OCH3 is 1. The second-order valence-corrected chi connectivity index (χ2v) is 21.9. The molecule has 1 unspecified atom stereocenters. The number of amides is 1. The van der Waals surface area contributed by atoms with E-state index in [0.717, 1.165) is 63.2 Å². The van der Waals surface area contributed by atoms with Crippen LogP contribution >= 0.6 is 0 Å². The fourth-order valence-corrected chi connectivity index (χ4v) is 11.3. The van der Waals surface area contributed by atoms with Gasteiger partial charge in [0.25, 0.3) is 21.8 Å². The number of nitro groups is 1. The fraction of sp³-hybridized carbons (Fsp3) is 0.519. The molecule has 1 spiro atoms. The minimum atomic E-state index is -4.75. The first kappa shape index (κ1) is 51.5. The SMILES string of the molecule is CC[C@@](C)(O)CCCCNc1ncc(S(=O)(=O)NC(=O)c2ccc(N3CCC4(CC3)CN([C@@H]3CCC[C@@H]3c3ccccc3C(C)C)C4)cc2Oc2cc3c(F)c[nH]c3nc2OCC(C)OC)cc1[N+](=O)[O-]. The number of unbranched alkanes of at least 4 members (excludes halogenated alkanes) is 1. The average Bonchev–Trinajstić information content (AvgIpc) is 3.98. The maximum Gasteiger partial charge on any atom is 0.312 e. The number of rotatable bonds is 21. The largest absolute Gasteiger partial charge is 0.472 e. The molecule has 17 nitrogen and oxygen atoms in total. The Morgan fingerprint density at radius 3 is 2.56 bits per heavy atom. The van der Waals surface area contributed by atoms with Crippen LogP contribution in [0.2, 0.25) is 0 Å². The summed E-state index contributed by atoms with van der Waals surface area (Å²) in [7, 11) is -3.22. The van der Waals surface area contributed by atoms with Gasteiger partial charge in [0.1, 0.15) is 28.7 Å². The summed E-state index contributed by atoms with van der Waals surface area (Å²) < 4.78 is 62.6. The number of hydrogen-bond acceptors (Lipinski definition) is 14. The highest BCUT2D eigenvalue weighted by Crippen LogP contribution is 2.49. The van der Waals surface area contributed by atoms with Gasteiger partial charge in [-0.2, -0.15) is 4.98 Å². The van der Waals surface area contributed by atoms with Crippen molar-refractivity contribution in [3.63, 3.8) is 0 Å². The Kier molecular flexibility index (Phi) is 15.5. The van der Waals surface area contributed by atoms with E-state index in [4.69, 9.17) is 14.2 Å². The Balaban J connectivity index is 1.02. The zero-order valence-electron chi connectivity index (χ0n) is 41.5. The van der Waals surface area contributed by atoms with E-state index in [1.54, 1.807) is 26.0 Å². The maximum atomic E-state index is 15.0. The van der Waals surface area contributed by atoms with E-state index in [9.17, 15) is 28.4 Å². The zero-order valence-corrected chi connectivity index (χ0v) is 42.3. The first-order valence-corrected chi connectivity index (χ1v) is 26.3. The van der Waals surface area contributed by atoms with Crippen LogP contribution < -0.4 is 24.4 Å². The molecule has 0 bridgehead atoms. The predicted octanol–water partition coefficient (Wildman–Crippen LogP) is 9.44. The van der Waals surface area contributed by atoms with Crippen LogP contribution in [0.15, 0.2) is 71.9 Å². The molecule has 3 aromatic heterocycles. The van der Waals surface area contributed by atoms with Crippen molar-refractivity contribution in [3.8, 4) is 17.4 Å². The quantitative estimate of drug-likeness (QED) is 0.0306. The minimum Gasteiger partial charge on any atom is -0.472 e. The number of fused-ring (bicyclic) bond motifs is 1. The summed E-state index contributed by atoms with van der Waals surface area (Å²) in [5.41, 5.74) is 2.44. The predicted molar refractivity (Wildman–Crippen MR) is 270 cm³/mol. The molecule has 3 fully saturated rings. The molecule has 19 heteroatoms. The van der Waals surface area contributed by atoms with Gasteiger partial charge in [0.2, 0.25) is 5.82 Å². The summed E-state index contributed by atoms with van der Waals surface area (Å²) in [6.07, 6.45) is 9.64. The van der Waals surface area contributed by atoms with Crippen LogP contribution in [0, 0.1) is 21.3 Å². The first-order chi connectivity index (χ1) is 33.9. The summed E-state index contributed by atoms with van der Waals surface area (Å²) >= 11 is 0. The number of aromatic nitrogens is 3. The van der Waals surface area contributed by atoms with Crippen LogP contribution in [0.3, 0.4) is 0 Å². The van der Waals surface area contributed by atoms with Gasteiger partial charge in [-0.05, 0) is 106 Å². The van der Waals surface area contributed by atoms with E-state index in [0.29, 0.717) is 50.1 Å². The van der Waals surface area contributed by atoms with Crippen LogP contribution in [0.1, 0.15) is 126 Å². The van der Waals surface area contributed by atoms with Crippen molar-refractivity contribution in [3.05, 3.63) is 99.6 Å². The minimum absolute atomic E-state index is 0.0285. The van der Waals surface area contributed by atoms with E-state index in [-0.39, 0.29) is 57.9 Å². The van der Waals surface area contributed by atoms with Crippen molar-refractivity contribution in [2.75, 3.05) is 56.7 Å². The van der Waals surface area contributed by atoms with E-state index in [2.05, 4.69) is 72.9 Å². The molecule has 3 aliphatic rings. The Labute approximate surface area is 415 Å². The second-order valence-electron chi connectivity index (χ2n) is 20.2. The average molecular weight is 999 g/mol. The molecular formula is C52H67FN8O9S. The molecule has 4 atom stereocenters. The highest BCUT2D eigenvalue weighted by Gasteiger charge is 2.49. The highest BCUT2D eigenvalue weighted by molar-refractivity contribution is 7.90. The molecule has 2 aromatic carbocycles. The zero-order chi connectivity index (χ0) is 50.7. The standard InChI is InChI=1S/C52H67FN8O9S/c1-7-51(5,63)19-10-11-22-54-48-44(61(64)65)26-36(28-55-48)71(66,67)58-49(62)40-18-17-35(25-45(40)70-46-27-41-42(53)29-56-47(41)57-50(46)69-30-34(4)68-6)59-23-20-52(21-24-59)31-60(32-52)43-16-12-15-39(43)38-14-9-8-13-37(38)33(2)3/h8-9,13-14,17-18,25-29,33-34,39,43,63H,7,10-12,15-16,19-24,30-32H2,1-6H3,(H,54,55)(H,56,57)(H,58,62)/t34?,39-,43-,51-/m1/s1. The Bertz CT molecular complexity index is 2820. The number of aromatic amines is 1. The summed E-state index contributed by atoms with van der Waals surface area (Å²) in [6.45, 7) is 13.9.